The first-order chi connectivity index (χ1) is 7.84. The van der Waals surface area contributed by atoms with E-state index in [1.165, 1.54) is 6.08 Å². The third-order valence-corrected chi connectivity index (χ3v) is 4.25. The van der Waals surface area contributed by atoms with Crippen LogP contribution in [0.3, 0.4) is 0 Å². The van der Waals surface area contributed by atoms with E-state index in [-0.39, 0.29) is 17.6 Å². The molecule has 2 aliphatic rings. The summed E-state index contributed by atoms with van der Waals surface area (Å²) in [5, 5.41) is 20.4. The maximum absolute atomic E-state index is 11.5. The number of hydrogen-bond acceptors (Lipinski definition) is 3. The Morgan fingerprint density at radius 2 is 2.24 bits per heavy atom. The average molecular weight is 236 g/mol. The molecule has 4 atom stereocenters. The summed E-state index contributed by atoms with van der Waals surface area (Å²) in [5.41, 5.74) is 0.442. The fraction of sp³-hybridized carbons (Fsp3) is 0.643. The fourth-order valence-electron chi connectivity index (χ4n) is 3.12. The molecule has 0 bridgehead atoms. The Balaban J connectivity index is 2.43. The van der Waals surface area contributed by atoms with Crippen molar-refractivity contribution < 1.29 is 15.0 Å². The van der Waals surface area contributed by atoms with Crippen molar-refractivity contribution >= 4 is 5.78 Å². The molecule has 3 heteroatoms. The summed E-state index contributed by atoms with van der Waals surface area (Å²) in [6.45, 7) is 7.52. The van der Waals surface area contributed by atoms with Gasteiger partial charge in [0.25, 0.3) is 0 Å². The van der Waals surface area contributed by atoms with Gasteiger partial charge in [-0.1, -0.05) is 12.2 Å². The van der Waals surface area contributed by atoms with Crippen LogP contribution in [0.5, 0.6) is 0 Å². The van der Waals surface area contributed by atoms with E-state index < -0.39 is 11.7 Å². The highest BCUT2D eigenvalue weighted by Crippen LogP contribution is 2.47. The van der Waals surface area contributed by atoms with Crippen LogP contribution in [0.1, 0.15) is 33.1 Å². The highest BCUT2D eigenvalue weighted by molar-refractivity contribution is 5.91. The Hall–Kier alpha value is -0.930. The molecular weight excluding hydrogens is 216 g/mol. The van der Waals surface area contributed by atoms with Gasteiger partial charge in [-0.25, -0.2) is 0 Å². The lowest BCUT2D eigenvalue weighted by Crippen LogP contribution is -2.51. The number of rotatable bonds is 1. The smallest absolute Gasteiger partial charge is 0.155 e. The minimum atomic E-state index is -1.27. The van der Waals surface area contributed by atoms with E-state index in [0.717, 1.165) is 12.0 Å². The minimum absolute atomic E-state index is 0.0473. The molecular formula is C14H20O3. The molecule has 2 rings (SSSR count). The van der Waals surface area contributed by atoms with Crippen molar-refractivity contribution in [2.24, 2.45) is 11.8 Å². The van der Waals surface area contributed by atoms with E-state index in [0.29, 0.717) is 18.4 Å². The number of allylic oxidation sites excluding steroid dienone is 2. The lowest BCUT2D eigenvalue weighted by atomic mass is 9.62. The molecule has 1 fully saturated rings. The summed E-state index contributed by atoms with van der Waals surface area (Å²) < 4.78 is 0. The van der Waals surface area contributed by atoms with Crippen LogP contribution in [-0.4, -0.2) is 27.7 Å². The minimum Gasteiger partial charge on any atom is -0.390 e. The largest absolute Gasteiger partial charge is 0.390 e. The molecule has 17 heavy (non-hydrogen) atoms. The maximum Gasteiger partial charge on any atom is 0.155 e. The molecule has 0 aliphatic heterocycles. The van der Waals surface area contributed by atoms with Gasteiger partial charge >= 0.3 is 0 Å². The molecule has 2 N–H and O–H groups in total. The van der Waals surface area contributed by atoms with Crippen molar-refractivity contribution in [3.05, 3.63) is 23.8 Å². The molecule has 0 aromatic carbocycles. The van der Waals surface area contributed by atoms with Crippen molar-refractivity contribution in [1.82, 2.24) is 0 Å². The van der Waals surface area contributed by atoms with Gasteiger partial charge in [-0.15, -0.1) is 0 Å². The van der Waals surface area contributed by atoms with Gasteiger partial charge in [0.05, 0.1) is 6.10 Å². The molecule has 0 radical (unpaired) electrons. The third-order valence-electron chi connectivity index (χ3n) is 4.25. The van der Waals surface area contributed by atoms with E-state index in [2.05, 4.69) is 6.58 Å². The molecule has 3 nitrogen and oxygen atoms in total. The number of aliphatic hydroxyl groups is 2. The van der Waals surface area contributed by atoms with E-state index in [1.807, 2.05) is 6.92 Å². The van der Waals surface area contributed by atoms with Gasteiger partial charge in [-0.2, -0.15) is 0 Å². The van der Waals surface area contributed by atoms with Gasteiger partial charge in [-0.3, -0.25) is 4.79 Å². The van der Waals surface area contributed by atoms with E-state index in [9.17, 15) is 15.0 Å². The first-order valence-corrected chi connectivity index (χ1v) is 6.14. The molecule has 0 saturated heterocycles. The zero-order valence-corrected chi connectivity index (χ0v) is 10.4. The lowest BCUT2D eigenvalue weighted by molar-refractivity contribution is -0.117. The Morgan fingerprint density at radius 3 is 2.82 bits per heavy atom. The molecule has 0 unspecified atom stereocenters. The predicted molar refractivity (Wildman–Crippen MR) is 65.4 cm³/mol. The maximum atomic E-state index is 11.5. The Kier molecular flexibility index (Phi) is 3.00. The predicted octanol–water partition coefficient (Wildman–Crippen LogP) is 1.60. The van der Waals surface area contributed by atoms with E-state index in [4.69, 9.17) is 0 Å². The van der Waals surface area contributed by atoms with Crippen LogP contribution in [0.4, 0.5) is 0 Å². The number of ketones is 1. The van der Waals surface area contributed by atoms with Gasteiger partial charge in [0.2, 0.25) is 0 Å². The first-order valence-electron chi connectivity index (χ1n) is 6.14. The quantitative estimate of drug-likeness (QED) is 0.680. The second kappa shape index (κ2) is 4.07. The summed E-state index contributed by atoms with van der Waals surface area (Å²) >= 11 is 0. The van der Waals surface area contributed by atoms with Crippen LogP contribution >= 0.6 is 0 Å². The van der Waals surface area contributed by atoms with Crippen LogP contribution in [0.25, 0.3) is 0 Å². The number of aliphatic hydroxyl groups excluding tert-OH is 1. The van der Waals surface area contributed by atoms with Gasteiger partial charge in [0, 0.05) is 6.42 Å². The first kappa shape index (κ1) is 12.5. The Morgan fingerprint density at radius 1 is 1.59 bits per heavy atom. The summed E-state index contributed by atoms with van der Waals surface area (Å²) in [5.74, 6) is 0.374. The van der Waals surface area contributed by atoms with Crippen molar-refractivity contribution in [1.29, 1.82) is 0 Å². The number of carbonyl (C=O) groups excluding carboxylic acids is 1. The van der Waals surface area contributed by atoms with Gasteiger partial charge < -0.3 is 10.2 Å². The lowest BCUT2D eigenvalue weighted by Gasteiger charge is -2.47. The Labute approximate surface area is 102 Å². The zero-order valence-electron chi connectivity index (χ0n) is 10.4. The van der Waals surface area contributed by atoms with Crippen LogP contribution in [-0.2, 0) is 4.79 Å². The molecule has 0 aromatic heterocycles. The fourth-order valence-corrected chi connectivity index (χ4v) is 3.12. The SMILES string of the molecule is C=C(C)[C@@H]1C[C@H](O)[C@@](C)(O)C2=CC(=O)CC[C@H]21. The van der Waals surface area contributed by atoms with E-state index in [1.54, 1.807) is 6.92 Å². The highest BCUT2D eigenvalue weighted by atomic mass is 16.3. The number of fused-ring (bicyclic) bond motifs is 1. The standard InChI is InChI=1S/C14H20O3/c1-8(2)11-7-13(16)14(3,17)12-6-9(15)4-5-10(11)12/h6,10-11,13,16-17H,1,4-5,7H2,2-3H3/t10-,11-,13-,14-/m0/s1. The normalized spacial score (nSPS) is 41.8. The average Bonchev–Trinajstić information content (AvgIpc) is 2.24. The molecule has 2 aliphatic carbocycles. The summed E-state index contributed by atoms with van der Waals surface area (Å²) in [7, 11) is 0. The second-order valence-electron chi connectivity index (χ2n) is 5.56. The summed E-state index contributed by atoms with van der Waals surface area (Å²) in [6.07, 6.45) is 2.53. The highest BCUT2D eigenvalue weighted by Gasteiger charge is 2.48. The van der Waals surface area contributed by atoms with Gasteiger partial charge in [-0.05, 0) is 50.2 Å². The second-order valence-corrected chi connectivity index (χ2v) is 5.56. The van der Waals surface area contributed by atoms with Crippen LogP contribution in [0.15, 0.2) is 23.8 Å². The Bertz CT molecular complexity index is 392. The molecule has 94 valence electrons. The van der Waals surface area contributed by atoms with Crippen LogP contribution in [0, 0.1) is 11.8 Å². The molecule has 0 amide bonds. The van der Waals surface area contributed by atoms with E-state index >= 15 is 0 Å². The summed E-state index contributed by atoms with van der Waals surface area (Å²) in [6, 6.07) is 0. The van der Waals surface area contributed by atoms with Crippen LogP contribution in [0.2, 0.25) is 0 Å². The number of carbonyl (C=O) groups is 1. The number of hydrogen-bond donors (Lipinski definition) is 2. The van der Waals surface area contributed by atoms with Crippen LogP contribution < -0.4 is 0 Å². The monoisotopic (exact) mass is 236 g/mol. The van der Waals surface area contributed by atoms with Gasteiger partial charge in [0.1, 0.15) is 5.60 Å². The van der Waals surface area contributed by atoms with Crippen molar-refractivity contribution in [2.45, 2.75) is 44.8 Å². The van der Waals surface area contributed by atoms with Crippen molar-refractivity contribution in [3.63, 3.8) is 0 Å². The van der Waals surface area contributed by atoms with Gasteiger partial charge in [0.15, 0.2) is 5.78 Å². The third kappa shape index (κ3) is 1.98. The molecule has 0 aromatic rings. The molecule has 0 spiro atoms. The molecule has 0 heterocycles. The zero-order chi connectivity index (χ0) is 12.8. The topological polar surface area (TPSA) is 57.5 Å². The summed E-state index contributed by atoms with van der Waals surface area (Å²) in [4.78, 5) is 11.5. The van der Waals surface area contributed by atoms with Crippen molar-refractivity contribution in [2.75, 3.05) is 0 Å². The van der Waals surface area contributed by atoms with Crippen molar-refractivity contribution in [3.8, 4) is 0 Å². The molecule has 1 saturated carbocycles.